The Morgan fingerprint density at radius 1 is 1.00 bits per heavy atom. The highest BCUT2D eigenvalue weighted by Gasteiger charge is 2.44. The number of methoxy groups -OCH3 is 1. The molecule has 0 heterocycles. The molecule has 1 aromatic rings. The Morgan fingerprint density at radius 3 is 1.94 bits per heavy atom. The molecule has 0 atom stereocenters. The highest BCUT2D eigenvalue weighted by atomic mass is 79.9. The normalized spacial score (nSPS) is 11.6. The van der Waals surface area contributed by atoms with Crippen molar-refractivity contribution >= 4 is 29.9 Å². The number of hydrogen-bond donors (Lipinski definition) is 0. The van der Waals surface area contributed by atoms with E-state index < -0.39 is 8.80 Å². The van der Waals surface area contributed by atoms with Gasteiger partial charge in [-0.1, -0.05) is 0 Å². The summed E-state index contributed by atoms with van der Waals surface area (Å²) in [5.74, 6) is 0.688. The fourth-order valence-corrected chi connectivity index (χ4v) is 4.74. The molecule has 0 aliphatic heterocycles. The molecular weight excluding hydrogens is 304 g/mol. The van der Waals surface area contributed by atoms with Gasteiger partial charge in [-0.3, -0.25) is 0 Å². The third kappa shape index (κ3) is 2.71. The van der Waals surface area contributed by atoms with Gasteiger partial charge in [-0.25, -0.2) is 0 Å². The molecule has 0 radical (unpaired) electrons. The first-order valence-corrected chi connectivity index (χ1v) is 7.56. The van der Waals surface area contributed by atoms with Crippen LogP contribution in [0.3, 0.4) is 0 Å². The Morgan fingerprint density at radius 2 is 1.53 bits per heavy atom. The average Bonchev–Trinajstić information content (AvgIpc) is 2.31. The largest absolute Gasteiger partial charge is 0.540 e. The molecule has 6 heteroatoms. The number of aryl methyl sites for hydroxylation is 1. The van der Waals surface area contributed by atoms with Gasteiger partial charge in [-0.2, -0.15) is 0 Å². The number of benzene rings is 1. The van der Waals surface area contributed by atoms with Crippen LogP contribution < -0.4 is 9.92 Å². The van der Waals surface area contributed by atoms with Crippen molar-refractivity contribution in [3.63, 3.8) is 0 Å². The molecule has 0 saturated heterocycles. The van der Waals surface area contributed by atoms with Gasteiger partial charge in [-0.05, 0) is 40.5 Å². The van der Waals surface area contributed by atoms with E-state index >= 15 is 0 Å². The molecule has 4 nitrogen and oxygen atoms in total. The van der Waals surface area contributed by atoms with E-state index in [-0.39, 0.29) is 0 Å². The summed E-state index contributed by atoms with van der Waals surface area (Å²) in [6.07, 6.45) is 0. The van der Waals surface area contributed by atoms with Gasteiger partial charge in [-0.15, -0.1) is 0 Å². The summed E-state index contributed by atoms with van der Waals surface area (Å²) in [6.45, 7) is 1.99. The molecule has 0 aromatic heterocycles. The maximum absolute atomic E-state index is 5.47. The van der Waals surface area contributed by atoms with Crippen LogP contribution in [-0.4, -0.2) is 37.2 Å². The van der Waals surface area contributed by atoms with E-state index in [1.54, 1.807) is 28.4 Å². The van der Waals surface area contributed by atoms with E-state index in [0.717, 1.165) is 15.2 Å². The topological polar surface area (TPSA) is 36.9 Å². The van der Waals surface area contributed by atoms with Crippen LogP contribution >= 0.6 is 15.9 Å². The molecule has 0 bridgehead atoms. The predicted octanol–water partition coefficient (Wildman–Crippen LogP) is 1.85. The second kappa shape index (κ2) is 5.97. The van der Waals surface area contributed by atoms with E-state index in [9.17, 15) is 0 Å². The van der Waals surface area contributed by atoms with Crippen LogP contribution in [0.5, 0.6) is 5.75 Å². The van der Waals surface area contributed by atoms with Gasteiger partial charge in [0.15, 0.2) is 0 Å². The maximum atomic E-state index is 5.47. The van der Waals surface area contributed by atoms with E-state index in [0.29, 0.717) is 5.75 Å². The first kappa shape index (κ1) is 14.7. The second-order valence-electron chi connectivity index (χ2n) is 3.50. The standard InChI is InChI=1S/C11H17BrO4Si/c1-8-6-9(12)11(13-2)10(7-8)17(14-3,15-4)16-5/h6-7H,1-5H3. The fraction of sp³-hybridized carbons (Fsp3) is 0.455. The zero-order valence-electron chi connectivity index (χ0n) is 10.7. The summed E-state index contributed by atoms with van der Waals surface area (Å²) in [5, 5.41) is 0.819. The molecule has 0 N–H and O–H groups in total. The summed E-state index contributed by atoms with van der Waals surface area (Å²) in [4.78, 5) is 0. The van der Waals surface area contributed by atoms with E-state index in [1.165, 1.54) is 0 Å². The Kier molecular flexibility index (Phi) is 5.15. The van der Waals surface area contributed by atoms with Gasteiger partial charge in [0.1, 0.15) is 5.75 Å². The van der Waals surface area contributed by atoms with Crippen LogP contribution in [0, 0.1) is 6.92 Å². The van der Waals surface area contributed by atoms with Crippen LogP contribution in [-0.2, 0) is 13.3 Å². The summed E-state index contributed by atoms with van der Waals surface area (Å²) < 4.78 is 22.7. The maximum Gasteiger partial charge on any atom is 0.540 e. The molecule has 0 spiro atoms. The Labute approximate surface area is 111 Å². The molecule has 0 unspecified atom stereocenters. The third-order valence-electron chi connectivity index (χ3n) is 2.53. The first-order valence-electron chi connectivity index (χ1n) is 5.04. The van der Waals surface area contributed by atoms with Gasteiger partial charge in [0.2, 0.25) is 0 Å². The molecule has 0 aliphatic rings. The Balaban J connectivity index is 3.46. The summed E-state index contributed by atoms with van der Waals surface area (Å²) in [5.41, 5.74) is 1.08. The van der Waals surface area contributed by atoms with Crippen LogP contribution in [0.4, 0.5) is 0 Å². The predicted molar refractivity (Wildman–Crippen MR) is 71.8 cm³/mol. The van der Waals surface area contributed by atoms with Crippen LogP contribution in [0.25, 0.3) is 0 Å². The minimum atomic E-state index is -2.88. The van der Waals surface area contributed by atoms with Gasteiger partial charge in [0.05, 0.1) is 16.8 Å². The minimum Gasteiger partial charge on any atom is -0.495 e. The number of rotatable bonds is 5. The summed E-state index contributed by atoms with van der Waals surface area (Å²) >= 11 is 3.47. The zero-order valence-corrected chi connectivity index (χ0v) is 13.3. The van der Waals surface area contributed by atoms with Gasteiger partial charge < -0.3 is 18.0 Å². The Hall–Kier alpha value is -0.403. The van der Waals surface area contributed by atoms with E-state index in [1.807, 2.05) is 19.1 Å². The lowest BCUT2D eigenvalue weighted by Gasteiger charge is -2.26. The zero-order chi connectivity index (χ0) is 13.1. The van der Waals surface area contributed by atoms with Crippen LogP contribution in [0.1, 0.15) is 5.56 Å². The number of ether oxygens (including phenoxy) is 1. The number of halogens is 1. The number of hydrogen-bond acceptors (Lipinski definition) is 4. The quantitative estimate of drug-likeness (QED) is 0.776. The molecule has 1 aromatic carbocycles. The van der Waals surface area contributed by atoms with Crippen molar-refractivity contribution in [3.8, 4) is 5.75 Å². The molecule has 0 amide bonds. The molecular formula is C11H17BrO4Si. The lowest BCUT2D eigenvalue weighted by molar-refractivity contribution is 0.139. The minimum absolute atomic E-state index is 0.688. The SMILES string of the molecule is COc1c(Br)cc(C)cc1[Si](OC)(OC)OC. The smallest absolute Gasteiger partial charge is 0.495 e. The molecule has 17 heavy (non-hydrogen) atoms. The Bertz CT molecular complexity index is 385. The van der Waals surface area contributed by atoms with Crippen molar-refractivity contribution in [2.24, 2.45) is 0 Å². The van der Waals surface area contributed by atoms with Crippen molar-refractivity contribution in [2.75, 3.05) is 28.4 Å². The van der Waals surface area contributed by atoms with Crippen molar-refractivity contribution in [1.82, 2.24) is 0 Å². The summed E-state index contributed by atoms with van der Waals surface area (Å²) in [7, 11) is 3.47. The van der Waals surface area contributed by atoms with Crippen molar-refractivity contribution in [2.45, 2.75) is 6.92 Å². The lowest BCUT2D eigenvalue weighted by atomic mass is 10.2. The highest BCUT2D eigenvalue weighted by Crippen LogP contribution is 2.27. The molecule has 96 valence electrons. The van der Waals surface area contributed by atoms with Crippen LogP contribution in [0.15, 0.2) is 16.6 Å². The van der Waals surface area contributed by atoms with Gasteiger partial charge >= 0.3 is 8.80 Å². The molecule has 0 aliphatic carbocycles. The molecule has 0 saturated carbocycles. The highest BCUT2D eigenvalue weighted by molar-refractivity contribution is 9.10. The van der Waals surface area contributed by atoms with E-state index in [2.05, 4.69) is 15.9 Å². The first-order chi connectivity index (χ1) is 8.04. The van der Waals surface area contributed by atoms with Crippen molar-refractivity contribution in [1.29, 1.82) is 0 Å². The molecule has 1 rings (SSSR count). The third-order valence-corrected chi connectivity index (χ3v) is 5.76. The lowest BCUT2D eigenvalue weighted by Crippen LogP contribution is -2.55. The molecule has 0 fully saturated rings. The van der Waals surface area contributed by atoms with Gasteiger partial charge in [0, 0.05) is 21.3 Å². The van der Waals surface area contributed by atoms with Crippen molar-refractivity contribution < 1.29 is 18.0 Å². The van der Waals surface area contributed by atoms with Crippen LogP contribution in [0.2, 0.25) is 0 Å². The van der Waals surface area contributed by atoms with E-state index in [4.69, 9.17) is 18.0 Å². The van der Waals surface area contributed by atoms with Gasteiger partial charge in [0.25, 0.3) is 0 Å². The van der Waals surface area contributed by atoms with Crippen molar-refractivity contribution in [3.05, 3.63) is 22.2 Å². The fourth-order valence-electron chi connectivity index (χ4n) is 1.74. The average molecular weight is 321 g/mol. The monoisotopic (exact) mass is 320 g/mol. The second-order valence-corrected chi connectivity index (χ2v) is 7.23. The summed E-state index contributed by atoms with van der Waals surface area (Å²) in [6, 6.07) is 3.94.